The summed E-state index contributed by atoms with van der Waals surface area (Å²) < 4.78 is 22.3. The van der Waals surface area contributed by atoms with Crippen molar-refractivity contribution in [1.29, 1.82) is 0 Å². The fourth-order valence-corrected chi connectivity index (χ4v) is 5.93. The zero-order chi connectivity index (χ0) is 35.7. The summed E-state index contributed by atoms with van der Waals surface area (Å²) in [5, 5.41) is 7.93. The van der Waals surface area contributed by atoms with Gasteiger partial charge in [-0.05, 0) is 67.1 Å². The summed E-state index contributed by atoms with van der Waals surface area (Å²) in [5.41, 5.74) is 5.76. The van der Waals surface area contributed by atoms with Crippen molar-refractivity contribution in [3.8, 4) is 17.2 Å². The number of nitrogens with one attached hydrogen (secondary N) is 2. The Balaban J connectivity index is 1.07. The highest BCUT2D eigenvalue weighted by molar-refractivity contribution is 7.07. The highest BCUT2D eigenvalue weighted by Gasteiger charge is 2.21. The van der Waals surface area contributed by atoms with Crippen molar-refractivity contribution >= 4 is 45.5 Å². The molecular formula is C39H36N4O7S. The van der Waals surface area contributed by atoms with Crippen molar-refractivity contribution in [1.82, 2.24) is 9.88 Å². The zero-order valence-corrected chi connectivity index (χ0v) is 29.1. The third-order valence-electron chi connectivity index (χ3n) is 8.11. The fourth-order valence-electron chi connectivity index (χ4n) is 5.39. The van der Waals surface area contributed by atoms with E-state index in [2.05, 4.69) is 39.7 Å². The molecule has 0 aliphatic carbocycles. The number of para-hydroxylation sites is 1. The van der Waals surface area contributed by atoms with Crippen LogP contribution >= 0.6 is 11.3 Å². The molecule has 51 heavy (non-hydrogen) atoms. The van der Waals surface area contributed by atoms with Crippen LogP contribution in [-0.4, -0.2) is 49.5 Å². The molecule has 0 saturated heterocycles. The Morgan fingerprint density at radius 2 is 1.59 bits per heavy atom. The quantitative estimate of drug-likeness (QED) is 0.123. The summed E-state index contributed by atoms with van der Waals surface area (Å²) in [7, 11) is 4.98. The number of anilines is 2. The van der Waals surface area contributed by atoms with E-state index in [0.29, 0.717) is 29.2 Å². The maximum Gasteiger partial charge on any atom is 0.291 e. The van der Waals surface area contributed by atoms with Gasteiger partial charge in [-0.1, -0.05) is 36.4 Å². The van der Waals surface area contributed by atoms with Crippen LogP contribution < -0.4 is 30.3 Å². The summed E-state index contributed by atoms with van der Waals surface area (Å²) >= 11 is 1.55. The number of hydrogen-bond donors (Lipinski definition) is 2. The van der Waals surface area contributed by atoms with Crippen molar-refractivity contribution in [3.05, 3.63) is 140 Å². The standard InChI is InChI=1S/C39H36N4O7S/c1-43(21-26-10-14-29(15-11-26)49-22-28-23-51-24-40-28)17-16-25-8-12-27(13-9-25)41-38(45)31-18-35(47-2)36(48-3)19-32(31)42-39(46)37-20-33(44)30-6-4-5-7-34(30)50-37/h4-15,18-20,23-24H,16-17,21-22H2,1-3H3,(H,41,45)(H,42,46). The number of nitrogens with zero attached hydrogens (tertiary/aromatic N) is 2. The lowest BCUT2D eigenvalue weighted by Crippen LogP contribution is -2.21. The average molecular weight is 705 g/mol. The second kappa shape index (κ2) is 16.2. The van der Waals surface area contributed by atoms with Crippen LogP contribution in [-0.2, 0) is 19.6 Å². The van der Waals surface area contributed by atoms with Crippen LogP contribution in [0.1, 0.15) is 37.7 Å². The van der Waals surface area contributed by atoms with E-state index in [1.54, 1.807) is 41.1 Å². The van der Waals surface area contributed by atoms with Gasteiger partial charge in [-0.3, -0.25) is 14.4 Å². The van der Waals surface area contributed by atoms with Crippen LogP contribution in [0.4, 0.5) is 11.4 Å². The van der Waals surface area contributed by atoms with E-state index in [4.69, 9.17) is 18.6 Å². The van der Waals surface area contributed by atoms with E-state index in [1.807, 2.05) is 41.8 Å². The van der Waals surface area contributed by atoms with Crippen LogP contribution in [0.2, 0.25) is 0 Å². The number of aromatic nitrogens is 1. The summed E-state index contributed by atoms with van der Waals surface area (Å²) in [4.78, 5) is 45.9. The second-order valence-corrected chi connectivity index (χ2v) is 12.4. The number of amides is 2. The molecule has 0 unspecified atom stereocenters. The number of carbonyl (C=O) groups is 2. The number of methoxy groups -OCH3 is 2. The molecule has 0 spiro atoms. The Morgan fingerprint density at radius 3 is 2.31 bits per heavy atom. The van der Waals surface area contributed by atoms with Crippen molar-refractivity contribution in [2.75, 3.05) is 38.4 Å². The fraction of sp³-hybridized carbons (Fsp3) is 0.179. The highest BCUT2D eigenvalue weighted by Crippen LogP contribution is 2.34. The lowest BCUT2D eigenvalue weighted by atomic mass is 10.1. The minimum Gasteiger partial charge on any atom is -0.493 e. The van der Waals surface area contributed by atoms with E-state index in [-0.39, 0.29) is 28.0 Å². The van der Waals surface area contributed by atoms with E-state index in [9.17, 15) is 14.4 Å². The van der Waals surface area contributed by atoms with Crippen LogP contribution in [0.3, 0.4) is 0 Å². The van der Waals surface area contributed by atoms with Crippen molar-refractivity contribution in [3.63, 3.8) is 0 Å². The van der Waals surface area contributed by atoms with Crippen molar-refractivity contribution < 1.29 is 28.2 Å². The molecule has 6 aromatic rings. The third-order valence-corrected chi connectivity index (χ3v) is 8.75. The number of carbonyl (C=O) groups excluding carboxylic acids is 2. The molecule has 0 fully saturated rings. The van der Waals surface area contributed by atoms with Crippen molar-refractivity contribution in [2.45, 2.75) is 19.6 Å². The molecule has 260 valence electrons. The van der Waals surface area contributed by atoms with Gasteiger partial charge in [-0.2, -0.15) is 0 Å². The Morgan fingerprint density at radius 1 is 0.863 bits per heavy atom. The van der Waals surface area contributed by atoms with Gasteiger partial charge in [0.2, 0.25) is 0 Å². The third kappa shape index (κ3) is 8.79. The van der Waals surface area contributed by atoms with Crippen LogP contribution in [0.25, 0.3) is 11.0 Å². The van der Waals surface area contributed by atoms with E-state index in [0.717, 1.165) is 42.6 Å². The van der Waals surface area contributed by atoms with E-state index < -0.39 is 11.8 Å². The predicted octanol–water partition coefficient (Wildman–Crippen LogP) is 7.02. The number of hydrogen-bond acceptors (Lipinski definition) is 10. The normalized spacial score (nSPS) is 11.0. The smallest absolute Gasteiger partial charge is 0.291 e. The summed E-state index contributed by atoms with van der Waals surface area (Å²) in [6.45, 7) is 2.08. The molecule has 2 heterocycles. The first kappa shape index (κ1) is 34.9. The molecule has 2 aromatic heterocycles. The topological polar surface area (TPSA) is 132 Å². The molecule has 2 amide bonds. The largest absolute Gasteiger partial charge is 0.493 e. The monoisotopic (exact) mass is 704 g/mol. The first-order chi connectivity index (χ1) is 24.8. The van der Waals surface area contributed by atoms with Crippen LogP contribution in [0, 0.1) is 0 Å². The number of fused-ring (bicyclic) bond motifs is 1. The number of thiazole rings is 1. The number of ether oxygens (including phenoxy) is 3. The van der Waals surface area contributed by atoms with Gasteiger partial charge in [0, 0.05) is 36.3 Å². The van der Waals surface area contributed by atoms with Gasteiger partial charge < -0.3 is 34.2 Å². The molecular weight excluding hydrogens is 669 g/mol. The first-order valence-electron chi connectivity index (χ1n) is 16.1. The van der Waals surface area contributed by atoms with Crippen LogP contribution in [0.5, 0.6) is 17.2 Å². The van der Waals surface area contributed by atoms with Gasteiger partial charge in [0.05, 0.1) is 42.1 Å². The van der Waals surface area contributed by atoms with Crippen LogP contribution in [0.15, 0.2) is 111 Å². The molecule has 0 atom stereocenters. The molecule has 0 radical (unpaired) electrons. The molecule has 0 aliphatic heterocycles. The first-order valence-corrected chi connectivity index (χ1v) is 17.0. The summed E-state index contributed by atoms with van der Waals surface area (Å²) in [5.74, 6) is 0.0114. The maximum atomic E-state index is 13.6. The minimum atomic E-state index is -0.706. The molecule has 0 saturated carbocycles. The molecule has 6 rings (SSSR count). The zero-order valence-electron chi connectivity index (χ0n) is 28.3. The Labute approximate surface area is 298 Å². The van der Waals surface area contributed by atoms with E-state index >= 15 is 0 Å². The summed E-state index contributed by atoms with van der Waals surface area (Å²) in [6.07, 6.45) is 0.816. The molecule has 0 bridgehead atoms. The number of rotatable bonds is 14. The van der Waals surface area contributed by atoms with Gasteiger partial charge in [0.1, 0.15) is 17.9 Å². The lowest BCUT2D eigenvalue weighted by molar-refractivity contribution is 0.0997. The Kier molecular flexibility index (Phi) is 11.0. The molecule has 4 aromatic carbocycles. The number of likely N-dealkylation sites (N-methyl/N-ethyl adjacent to an activating group) is 1. The predicted molar refractivity (Wildman–Crippen MR) is 197 cm³/mol. The molecule has 12 heteroatoms. The Bertz CT molecular complexity index is 2180. The average Bonchev–Trinajstić information content (AvgIpc) is 3.68. The van der Waals surface area contributed by atoms with E-state index in [1.165, 1.54) is 31.9 Å². The molecule has 2 N–H and O–H groups in total. The molecule has 11 nitrogen and oxygen atoms in total. The van der Waals surface area contributed by atoms with Gasteiger partial charge in [0.15, 0.2) is 22.7 Å². The second-order valence-electron chi connectivity index (χ2n) is 11.7. The minimum absolute atomic E-state index is 0.119. The van der Waals surface area contributed by atoms with Gasteiger partial charge in [-0.15, -0.1) is 11.3 Å². The van der Waals surface area contributed by atoms with Gasteiger partial charge >= 0.3 is 0 Å². The van der Waals surface area contributed by atoms with Crippen molar-refractivity contribution in [2.24, 2.45) is 0 Å². The molecule has 0 aliphatic rings. The van der Waals surface area contributed by atoms with Gasteiger partial charge in [0.25, 0.3) is 11.8 Å². The SMILES string of the molecule is COc1cc(NC(=O)c2cc(=O)c3ccccc3o2)c(C(=O)Nc2ccc(CCN(C)Cc3ccc(OCc4cscn4)cc3)cc2)cc1OC. The number of benzene rings is 4. The maximum absolute atomic E-state index is 13.6. The van der Waals surface area contributed by atoms with Gasteiger partial charge in [-0.25, -0.2) is 4.98 Å². The highest BCUT2D eigenvalue weighted by atomic mass is 32.1. The summed E-state index contributed by atoms with van der Waals surface area (Å²) in [6, 6.07) is 26.4. The lowest BCUT2D eigenvalue weighted by Gasteiger charge is -2.17. The Hall–Kier alpha value is -5.98.